The van der Waals surface area contributed by atoms with Crippen molar-refractivity contribution in [2.45, 2.75) is 26.7 Å². The highest BCUT2D eigenvalue weighted by molar-refractivity contribution is 5.91. The number of likely N-dealkylation sites (tertiary alicyclic amines) is 1. The molecule has 1 atom stereocenters. The average molecular weight is 306 g/mol. The highest BCUT2D eigenvalue weighted by atomic mass is 16.5. The second-order valence-electron chi connectivity index (χ2n) is 5.55. The molecule has 0 aromatic heterocycles. The van der Waals surface area contributed by atoms with Crippen molar-refractivity contribution in [3.05, 3.63) is 23.8 Å². The molecule has 1 fully saturated rings. The number of aryl methyl sites for hydroxylation is 1. The summed E-state index contributed by atoms with van der Waals surface area (Å²) in [5.74, 6) is -0.679. The summed E-state index contributed by atoms with van der Waals surface area (Å²) in [4.78, 5) is 24.7. The molecule has 0 radical (unpaired) electrons. The van der Waals surface area contributed by atoms with Gasteiger partial charge in [0, 0.05) is 13.1 Å². The van der Waals surface area contributed by atoms with Crippen LogP contribution in [0.4, 0.5) is 10.5 Å². The number of carboxylic acids is 1. The summed E-state index contributed by atoms with van der Waals surface area (Å²) in [6.45, 7) is 5.27. The number of rotatable bonds is 5. The number of carbonyl (C=O) groups excluding carboxylic acids is 1. The first-order chi connectivity index (χ1) is 10.5. The molecule has 6 nitrogen and oxygen atoms in total. The lowest BCUT2D eigenvalue weighted by atomic mass is 10.1. The molecule has 1 saturated heterocycles. The molecule has 6 heteroatoms. The summed E-state index contributed by atoms with van der Waals surface area (Å²) in [7, 11) is 0. The van der Waals surface area contributed by atoms with Crippen LogP contribution < -0.4 is 10.1 Å². The van der Waals surface area contributed by atoms with Gasteiger partial charge in [0.1, 0.15) is 5.75 Å². The quantitative estimate of drug-likeness (QED) is 0.876. The molecule has 2 rings (SSSR count). The van der Waals surface area contributed by atoms with E-state index in [2.05, 4.69) is 5.32 Å². The molecule has 1 aromatic carbocycles. The second-order valence-corrected chi connectivity index (χ2v) is 5.55. The van der Waals surface area contributed by atoms with E-state index in [9.17, 15) is 9.59 Å². The lowest BCUT2D eigenvalue weighted by molar-refractivity contribution is -0.141. The molecule has 1 aliphatic heterocycles. The van der Waals surface area contributed by atoms with Crippen molar-refractivity contribution in [1.82, 2.24) is 4.90 Å². The van der Waals surface area contributed by atoms with Crippen LogP contribution in [0.5, 0.6) is 5.75 Å². The Labute approximate surface area is 130 Å². The number of nitrogens with one attached hydrogen (secondary N) is 1. The van der Waals surface area contributed by atoms with Crippen LogP contribution in [0.2, 0.25) is 0 Å². The molecule has 22 heavy (non-hydrogen) atoms. The van der Waals surface area contributed by atoms with Crippen molar-refractivity contribution < 1.29 is 19.4 Å². The van der Waals surface area contributed by atoms with Crippen molar-refractivity contribution >= 4 is 17.7 Å². The van der Waals surface area contributed by atoms with E-state index in [1.54, 1.807) is 0 Å². The Bertz CT molecular complexity index is 559. The Morgan fingerprint density at radius 3 is 2.86 bits per heavy atom. The number of ether oxygens (including phenoxy) is 1. The van der Waals surface area contributed by atoms with Crippen LogP contribution in [0.1, 0.15) is 25.3 Å². The average Bonchev–Trinajstić information content (AvgIpc) is 2.97. The highest BCUT2D eigenvalue weighted by Gasteiger charge is 2.31. The summed E-state index contributed by atoms with van der Waals surface area (Å²) < 4.78 is 5.66. The Morgan fingerprint density at radius 2 is 2.23 bits per heavy atom. The van der Waals surface area contributed by atoms with Gasteiger partial charge in [-0.15, -0.1) is 0 Å². The summed E-state index contributed by atoms with van der Waals surface area (Å²) in [6.07, 6.45) is 1.38. The van der Waals surface area contributed by atoms with Crippen molar-refractivity contribution in [2.75, 3.05) is 25.0 Å². The molecule has 0 spiro atoms. The van der Waals surface area contributed by atoms with Crippen molar-refractivity contribution in [1.29, 1.82) is 0 Å². The largest absolute Gasteiger partial charge is 0.491 e. The molecule has 0 saturated carbocycles. The van der Waals surface area contributed by atoms with Gasteiger partial charge in [-0.2, -0.15) is 0 Å². The number of benzene rings is 1. The van der Waals surface area contributed by atoms with Gasteiger partial charge in [-0.1, -0.05) is 13.0 Å². The van der Waals surface area contributed by atoms with Crippen molar-refractivity contribution in [3.63, 3.8) is 0 Å². The van der Waals surface area contributed by atoms with Crippen LogP contribution >= 0.6 is 0 Å². The zero-order valence-corrected chi connectivity index (χ0v) is 13.0. The van der Waals surface area contributed by atoms with E-state index >= 15 is 0 Å². The maximum Gasteiger partial charge on any atom is 0.321 e. The van der Waals surface area contributed by atoms with Crippen LogP contribution in [-0.2, 0) is 4.79 Å². The van der Waals surface area contributed by atoms with Crippen LogP contribution in [0, 0.1) is 12.8 Å². The third kappa shape index (κ3) is 3.90. The van der Waals surface area contributed by atoms with Gasteiger partial charge >= 0.3 is 12.0 Å². The monoisotopic (exact) mass is 306 g/mol. The van der Waals surface area contributed by atoms with Crippen LogP contribution in [0.15, 0.2) is 18.2 Å². The molecular weight excluding hydrogens is 284 g/mol. The minimum Gasteiger partial charge on any atom is -0.491 e. The molecule has 2 N–H and O–H groups in total. The van der Waals surface area contributed by atoms with Crippen molar-refractivity contribution in [3.8, 4) is 5.75 Å². The van der Waals surface area contributed by atoms with E-state index in [0.29, 0.717) is 31.0 Å². The first-order valence-corrected chi connectivity index (χ1v) is 7.53. The maximum absolute atomic E-state index is 12.3. The van der Waals surface area contributed by atoms with E-state index in [-0.39, 0.29) is 12.6 Å². The van der Waals surface area contributed by atoms with E-state index in [1.807, 2.05) is 32.0 Å². The normalized spacial score (nSPS) is 17.4. The topological polar surface area (TPSA) is 78.9 Å². The van der Waals surface area contributed by atoms with Crippen LogP contribution in [0.25, 0.3) is 0 Å². The number of carbonyl (C=O) groups is 2. The molecule has 2 amide bonds. The summed E-state index contributed by atoms with van der Waals surface area (Å²) in [5.41, 5.74) is 1.67. The number of hydrogen-bond acceptors (Lipinski definition) is 3. The number of aliphatic carboxylic acids is 1. The Hall–Kier alpha value is -2.24. The molecule has 120 valence electrons. The zero-order valence-electron chi connectivity index (χ0n) is 13.0. The summed E-state index contributed by atoms with van der Waals surface area (Å²) in [6, 6.07) is 5.31. The fourth-order valence-electron chi connectivity index (χ4n) is 2.40. The fraction of sp³-hybridized carbons (Fsp3) is 0.500. The number of carboxylic acid groups (broad SMARTS) is 1. The van der Waals surface area contributed by atoms with E-state index in [1.165, 1.54) is 4.90 Å². The molecule has 0 aliphatic carbocycles. The maximum atomic E-state index is 12.3. The zero-order chi connectivity index (χ0) is 16.1. The molecule has 1 unspecified atom stereocenters. The number of urea groups is 1. The standard InChI is InChI=1S/C16H22N2O4/c1-3-8-22-14-9-11(2)4-5-13(14)17-16(21)18-7-6-12(10-18)15(19)20/h4-5,9,12H,3,6-8,10H2,1-2H3,(H,17,21)(H,19,20). The molecule has 0 bridgehead atoms. The smallest absolute Gasteiger partial charge is 0.321 e. The predicted octanol–water partition coefficient (Wildman–Crippen LogP) is 2.72. The lowest BCUT2D eigenvalue weighted by Gasteiger charge is -2.19. The van der Waals surface area contributed by atoms with E-state index in [4.69, 9.17) is 9.84 Å². The Balaban J connectivity index is 2.04. The van der Waals surface area contributed by atoms with Crippen LogP contribution in [0.3, 0.4) is 0 Å². The minimum atomic E-state index is -0.849. The summed E-state index contributed by atoms with van der Waals surface area (Å²) in [5, 5.41) is 11.8. The van der Waals surface area contributed by atoms with E-state index in [0.717, 1.165) is 12.0 Å². The molecule has 1 aromatic rings. The highest BCUT2D eigenvalue weighted by Crippen LogP contribution is 2.27. The predicted molar refractivity (Wildman–Crippen MR) is 83.3 cm³/mol. The van der Waals surface area contributed by atoms with Gasteiger partial charge in [0.05, 0.1) is 18.2 Å². The fourth-order valence-corrected chi connectivity index (χ4v) is 2.40. The van der Waals surface area contributed by atoms with Gasteiger partial charge in [-0.25, -0.2) is 4.79 Å². The van der Waals surface area contributed by atoms with E-state index < -0.39 is 11.9 Å². The second kappa shape index (κ2) is 7.15. The van der Waals surface area contributed by atoms with Gasteiger partial charge < -0.3 is 20.1 Å². The Kier molecular flexibility index (Phi) is 5.25. The SMILES string of the molecule is CCCOc1cc(C)ccc1NC(=O)N1CCC(C(=O)O)C1. The Morgan fingerprint density at radius 1 is 1.45 bits per heavy atom. The third-order valence-electron chi connectivity index (χ3n) is 3.67. The minimum absolute atomic E-state index is 0.248. The van der Waals surface area contributed by atoms with Gasteiger partial charge in [0.15, 0.2) is 0 Å². The number of nitrogens with zero attached hydrogens (tertiary/aromatic N) is 1. The van der Waals surface area contributed by atoms with Gasteiger partial charge in [-0.05, 0) is 37.5 Å². The van der Waals surface area contributed by atoms with Gasteiger partial charge in [0.25, 0.3) is 0 Å². The number of anilines is 1. The van der Waals surface area contributed by atoms with Crippen LogP contribution in [-0.4, -0.2) is 41.7 Å². The summed E-state index contributed by atoms with van der Waals surface area (Å²) >= 11 is 0. The first kappa shape index (κ1) is 16.1. The number of hydrogen-bond donors (Lipinski definition) is 2. The molecule has 1 heterocycles. The first-order valence-electron chi connectivity index (χ1n) is 7.53. The molecular formula is C16H22N2O4. The van der Waals surface area contributed by atoms with Gasteiger partial charge in [-0.3, -0.25) is 4.79 Å². The lowest BCUT2D eigenvalue weighted by Crippen LogP contribution is -2.33. The van der Waals surface area contributed by atoms with Gasteiger partial charge in [0.2, 0.25) is 0 Å². The van der Waals surface area contributed by atoms with Crippen molar-refractivity contribution in [2.24, 2.45) is 5.92 Å². The molecule has 1 aliphatic rings. The third-order valence-corrected chi connectivity index (χ3v) is 3.67. The number of amides is 2.